The molecule has 0 atom stereocenters. The molecule has 6 nitrogen and oxygen atoms in total. The van der Waals surface area contributed by atoms with E-state index in [9.17, 15) is 0 Å². The summed E-state index contributed by atoms with van der Waals surface area (Å²) in [7, 11) is 1.69. The zero-order valence-corrected chi connectivity index (χ0v) is 15.4. The molecule has 0 amide bonds. The van der Waals surface area contributed by atoms with Crippen LogP contribution < -0.4 is 4.74 Å². The molecule has 1 aliphatic rings. The van der Waals surface area contributed by atoms with Crippen LogP contribution in [0.4, 0.5) is 0 Å². The van der Waals surface area contributed by atoms with Crippen LogP contribution in [0.5, 0.6) is 5.75 Å². The number of hydrogen-bond donors (Lipinski definition) is 1. The molecule has 0 unspecified atom stereocenters. The summed E-state index contributed by atoms with van der Waals surface area (Å²) in [5, 5.41) is 7.75. The molecule has 0 bridgehead atoms. The molecule has 1 N–H and O–H groups in total. The molecule has 1 aromatic carbocycles. The lowest BCUT2D eigenvalue weighted by Crippen LogP contribution is -2.31. The Hall–Kier alpha value is -2.60. The van der Waals surface area contributed by atoms with Gasteiger partial charge in [-0.1, -0.05) is 13.3 Å². The van der Waals surface area contributed by atoms with Crippen molar-refractivity contribution < 1.29 is 4.74 Å². The summed E-state index contributed by atoms with van der Waals surface area (Å²) in [5.41, 5.74) is 5.03. The Kier molecular flexibility index (Phi) is 4.75. The van der Waals surface area contributed by atoms with Crippen molar-refractivity contribution in [2.75, 3.05) is 13.7 Å². The van der Waals surface area contributed by atoms with Crippen LogP contribution in [-0.4, -0.2) is 38.3 Å². The second-order valence-electron chi connectivity index (χ2n) is 6.75. The highest BCUT2D eigenvalue weighted by molar-refractivity contribution is 5.38. The number of aromatic nitrogens is 4. The van der Waals surface area contributed by atoms with E-state index in [1.807, 2.05) is 24.5 Å². The average Bonchev–Trinajstić information content (AvgIpc) is 3.29. The lowest BCUT2D eigenvalue weighted by Gasteiger charge is -2.27. The maximum absolute atomic E-state index is 5.25. The summed E-state index contributed by atoms with van der Waals surface area (Å²) in [4.78, 5) is 7.06. The van der Waals surface area contributed by atoms with Crippen molar-refractivity contribution in [3.05, 3.63) is 59.4 Å². The highest BCUT2D eigenvalue weighted by atomic mass is 16.5. The third-order valence-corrected chi connectivity index (χ3v) is 5.02. The molecule has 6 heteroatoms. The van der Waals surface area contributed by atoms with Crippen LogP contribution >= 0.6 is 0 Å². The monoisotopic (exact) mass is 351 g/mol. The van der Waals surface area contributed by atoms with Crippen molar-refractivity contribution in [1.29, 1.82) is 0 Å². The number of aromatic amines is 1. The van der Waals surface area contributed by atoms with Gasteiger partial charge in [-0.15, -0.1) is 0 Å². The number of H-pyrrole nitrogens is 1. The maximum atomic E-state index is 5.25. The zero-order valence-electron chi connectivity index (χ0n) is 15.4. The lowest BCUT2D eigenvalue weighted by molar-refractivity contribution is 0.237. The molecular weight excluding hydrogens is 326 g/mol. The number of methoxy groups -OCH3 is 1. The fourth-order valence-electron chi connectivity index (χ4n) is 3.62. The number of fused-ring (bicyclic) bond motifs is 1. The number of imidazole rings is 1. The molecule has 0 spiro atoms. The highest BCUT2D eigenvalue weighted by Crippen LogP contribution is 2.23. The molecule has 0 saturated heterocycles. The van der Waals surface area contributed by atoms with E-state index in [0.717, 1.165) is 56.2 Å². The number of hydrogen-bond acceptors (Lipinski definition) is 4. The van der Waals surface area contributed by atoms with Crippen LogP contribution in [-0.2, 0) is 25.9 Å². The van der Waals surface area contributed by atoms with Gasteiger partial charge in [-0.25, -0.2) is 4.98 Å². The number of nitrogens with one attached hydrogen (secondary N) is 1. The zero-order chi connectivity index (χ0) is 17.9. The first-order valence-corrected chi connectivity index (χ1v) is 9.22. The van der Waals surface area contributed by atoms with E-state index in [2.05, 4.69) is 43.7 Å². The topological polar surface area (TPSA) is 59.0 Å². The van der Waals surface area contributed by atoms with Gasteiger partial charge in [-0.2, -0.15) is 5.10 Å². The van der Waals surface area contributed by atoms with Gasteiger partial charge in [0.05, 0.1) is 19.3 Å². The molecule has 3 aromatic rings. The van der Waals surface area contributed by atoms with Crippen molar-refractivity contribution >= 4 is 0 Å². The van der Waals surface area contributed by atoms with Gasteiger partial charge in [0, 0.05) is 48.8 Å². The van der Waals surface area contributed by atoms with Gasteiger partial charge in [0.2, 0.25) is 0 Å². The predicted molar refractivity (Wildman–Crippen MR) is 101 cm³/mol. The van der Waals surface area contributed by atoms with Gasteiger partial charge in [0.1, 0.15) is 11.6 Å². The van der Waals surface area contributed by atoms with E-state index in [4.69, 9.17) is 4.74 Å². The van der Waals surface area contributed by atoms with Crippen LogP contribution in [0.3, 0.4) is 0 Å². The fourth-order valence-corrected chi connectivity index (χ4v) is 3.62. The van der Waals surface area contributed by atoms with Crippen molar-refractivity contribution in [1.82, 2.24) is 24.6 Å². The van der Waals surface area contributed by atoms with Gasteiger partial charge in [-0.05, 0) is 30.7 Å². The summed E-state index contributed by atoms with van der Waals surface area (Å²) in [5.74, 6) is 1.92. The van der Waals surface area contributed by atoms with Gasteiger partial charge in [0.15, 0.2) is 0 Å². The minimum atomic E-state index is 0.829. The molecule has 136 valence electrons. The van der Waals surface area contributed by atoms with E-state index in [0.29, 0.717) is 0 Å². The van der Waals surface area contributed by atoms with Crippen molar-refractivity contribution in [2.24, 2.45) is 0 Å². The van der Waals surface area contributed by atoms with Crippen LogP contribution in [0.1, 0.15) is 36.1 Å². The first-order chi connectivity index (χ1) is 12.8. The SMILES string of the molecule is CCCc1n[nH]c2c1CN(Cc1nccn1-c1ccc(OC)cc1)CC2. The molecule has 26 heavy (non-hydrogen) atoms. The second kappa shape index (κ2) is 7.33. The maximum Gasteiger partial charge on any atom is 0.127 e. The van der Waals surface area contributed by atoms with Crippen LogP contribution in [0.2, 0.25) is 0 Å². The first-order valence-electron chi connectivity index (χ1n) is 9.22. The average molecular weight is 351 g/mol. The van der Waals surface area contributed by atoms with Crippen LogP contribution in [0.25, 0.3) is 5.69 Å². The van der Waals surface area contributed by atoms with Gasteiger partial charge in [0.25, 0.3) is 0 Å². The molecule has 0 fully saturated rings. The minimum absolute atomic E-state index is 0.829. The second-order valence-corrected chi connectivity index (χ2v) is 6.75. The van der Waals surface area contributed by atoms with E-state index < -0.39 is 0 Å². The van der Waals surface area contributed by atoms with Crippen LogP contribution in [0, 0.1) is 0 Å². The molecule has 3 heterocycles. The van der Waals surface area contributed by atoms with Crippen molar-refractivity contribution in [2.45, 2.75) is 39.3 Å². The Morgan fingerprint density at radius 2 is 2.08 bits per heavy atom. The van der Waals surface area contributed by atoms with E-state index in [1.165, 1.54) is 17.0 Å². The highest BCUT2D eigenvalue weighted by Gasteiger charge is 2.22. The van der Waals surface area contributed by atoms with E-state index in [1.54, 1.807) is 7.11 Å². The Morgan fingerprint density at radius 3 is 2.85 bits per heavy atom. The van der Waals surface area contributed by atoms with Crippen LogP contribution in [0.15, 0.2) is 36.7 Å². The molecule has 0 radical (unpaired) electrons. The van der Waals surface area contributed by atoms with E-state index >= 15 is 0 Å². The Morgan fingerprint density at radius 1 is 1.23 bits per heavy atom. The summed E-state index contributed by atoms with van der Waals surface area (Å²) in [6.45, 7) is 5.00. The minimum Gasteiger partial charge on any atom is -0.497 e. The number of aryl methyl sites for hydroxylation is 1. The molecular formula is C20H25N5O. The summed E-state index contributed by atoms with van der Waals surface area (Å²) in [6.07, 6.45) is 7.08. The number of ether oxygens (including phenoxy) is 1. The van der Waals surface area contributed by atoms with Gasteiger partial charge < -0.3 is 9.30 Å². The normalized spacial score (nSPS) is 14.4. The summed E-state index contributed by atoms with van der Waals surface area (Å²) >= 11 is 0. The molecule has 2 aromatic heterocycles. The van der Waals surface area contributed by atoms with Gasteiger partial charge in [-0.3, -0.25) is 10.00 Å². The first kappa shape index (κ1) is 16.8. The van der Waals surface area contributed by atoms with E-state index in [-0.39, 0.29) is 0 Å². The number of nitrogens with zero attached hydrogens (tertiary/aromatic N) is 4. The quantitative estimate of drug-likeness (QED) is 0.741. The summed E-state index contributed by atoms with van der Waals surface area (Å²) in [6, 6.07) is 8.09. The third-order valence-electron chi connectivity index (χ3n) is 5.02. The smallest absolute Gasteiger partial charge is 0.127 e. The fraction of sp³-hybridized carbons (Fsp3) is 0.400. The van der Waals surface area contributed by atoms with Crippen molar-refractivity contribution in [3.63, 3.8) is 0 Å². The third kappa shape index (κ3) is 3.24. The Bertz CT molecular complexity index is 865. The number of rotatable bonds is 6. The lowest BCUT2D eigenvalue weighted by atomic mass is 10.0. The van der Waals surface area contributed by atoms with Gasteiger partial charge >= 0.3 is 0 Å². The van der Waals surface area contributed by atoms with Crippen molar-refractivity contribution in [3.8, 4) is 11.4 Å². The predicted octanol–water partition coefficient (Wildman–Crippen LogP) is 3.11. The largest absolute Gasteiger partial charge is 0.497 e. The molecule has 1 aliphatic heterocycles. The molecule has 0 aliphatic carbocycles. The molecule has 0 saturated carbocycles. The Balaban J connectivity index is 1.51. The standard InChI is InChI=1S/C20H25N5O/c1-3-4-18-17-13-24(11-9-19(17)23-22-18)14-20-21-10-12-25(20)15-5-7-16(26-2)8-6-15/h5-8,10,12H,3-4,9,11,13-14H2,1-2H3,(H,22,23). The number of benzene rings is 1. The Labute approximate surface area is 153 Å². The molecule has 4 rings (SSSR count). The summed E-state index contributed by atoms with van der Waals surface area (Å²) < 4.78 is 7.40.